The minimum absolute atomic E-state index is 0.00132. The molecule has 1 aromatic rings. The molecular formula is C22H29Cl2NO3S. The SMILES string of the molecule is O=C(NC[C@]1(CC2CC2)CC[C@H](S(=O)(=O)CC2CC2)CC1)c1ccc(Cl)cc1Cl. The van der Waals surface area contributed by atoms with Gasteiger partial charge in [-0.2, -0.15) is 0 Å². The normalized spacial score (nSPS) is 27.6. The number of sulfone groups is 1. The summed E-state index contributed by atoms with van der Waals surface area (Å²) in [6, 6.07) is 4.89. The average molecular weight is 458 g/mol. The van der Waals surface area contributed by atoms with Crippen molar-refractivity contribution >= 4 is 38.9 Å². The molecule has 3 saturated carbocycles. The number of halogens is 2. The molecule has 0 heterocycles. The highest BCUT2D eigenvalue weighted by Gasteiger charge is 2.43. The van der Waals surface area contributed by atoms with Gasteiger partial charge in [-0.1, -0.05) is 36.0 Å². The lowest BCUT2D eigenvalue weighted by molar-refractivity contribution is 0.0895. The van der Waals surface area contributed by atoms with Crippen LogP contribution >= 0.6 is 23.2 Å². The third kappa shape index (κ3) is 5.48. The Morgan fingerprint density at radius 3 is 2.28 bits per heavy atom. The van der Waals surface area contributed by atoms with Crippen LogP contribution in [0.5, 0.6) is 0 Å². The van der Waals surface area contributed by atoms with E-state index in [1.807, 2.05) is 0 Å². The Balaban J connectivity index is 1.39. The van der Waals surface area contributed by atoms with Gasteiger partial charge in [0.2, 0.25) is 0 Å². The summed E-state index contributed by atoms with van der Waals surface area (Å²) < 4.78 is 25.4. The smallest absolute Gasteiger partial charge is 0.252 e. The van der Waals surface area contributed by atoms with E-state index in [2.05, 4.69) is 5.32 Å². The summed E-state index contributed by atoms with van der Waals surface area (Å²) >= 11 is 12.1. The first-order valence-corrected chi connectivity index (χ1v) is 13.2. The van der Waals surface area contributed by atoms with E-state index < -0.39 is 9.84 Å². The van der Waals surface area contributed by atoms with Crippen molar-refractivity contribution in [2.24, 2.45) is 17.3 Å². The summed E-state index contributed by atoms with van der Waals surface area (Å²) in [6.07, 6.45) is 8.90. The van der Waals surface area contributed by atoms with Crippen LogP contribution in [0.4, 0.5) is 0 Å². The minimum Gasteiger partial charge on any atom is -0.351 e. The second-order valence-corrected chi connectivity index (χ2v) is 12.6. The van der Waals surface area contributed by atoms with Gasteiger partial charge in [0, 0.05) is 11.6 Å². The van der Waals surface area contributed by atoms with Crippen LogP contribution < -0.4 is 5.32 Å². The second-order valence-electron chi connectivity index (χ2n) is 9.43. The summed E-state index contributed by atoms with van der Waals surface area (Å²) in [5, 5.41) is 3.74. The van der Waals surface area contributed by atoms with Gasteiger partial charge < -0.3 is 5.32 Å². The predicted molar refractivity (Wildman–Crippen MR) is 117 cm³/mol. The van der Waals surface area contributed by atoms with Gasteiger partial charge in [-0.25, -0.2) is 8.42 Å². The summed E-state index contributed by atoms with van der Waals surface area (Å²) in [6.45, 7) is 0.580. The molecule has 4 rings (SSSR count). The van der Waals surface area contributed by atoms with Gasteiger partial charge >= 0.3 is 0 Å². The van der Waals surface area contributed by atoms with Crippen molar-refractivity contribution in [3.8, 4) is 0 Å². The van der Waals surface area contributed by atoms with Crippen molar-refractivity contribution in [3.63, 3.8) is 0 Å². The van der Waals surface area contributed by atoms with Gasteiger partial charge in [-0.3, -0.25) is 4.79 Å². The molecule has 1 amide bonds. The number of amides is 1. The third-order valence-corrected chi connectivity index (χ3v) is 9.86. The molecule has 4 nitrogen and oxygen atoms in total. The van der Waals surface area contributed by atoms with Crippen LogP contribution in [0.1, 0.15) is 68.1 Å². The van der Waals surface area contributed by atoms with E-state index in [9.17, 15) is 13.2 Å². The number of hydrogen-bond donors (Lipinski definition) is 1. The standard InChI is InChI=1S/C22H29Cl2NO3S/c23-17-5-6-19(20(24)11-17)21(26)25-14-22(12-15-1-2-15)9-7-18(8-10-22)29(27,28)13-16-3-4-16/h5-6,11,15-16,18H,1-4,7-10,12-14H2,(H,25,26)/t18-,22+. The number of rotatable bonds is 8. The zero-order valence-electron chi connectivity index (χ0n) is 16.6. The predicted octanol–water partition coefficient (Wildman–Crippen LogP) is 5.28. The Kier molecular flexibility index (Phi) is 6.21. The first-order valence-electron chi connectivity index (χ1n) is 10.7. The number of carbonyl (C=O) groups is 1. The third-order valence-electron chi connectivity index (χ3n) is 6.88. The van der Waals surface area contributed by atoms with Crippen LogP contribution in [0.3, 0.4) is 0 Å². The Morgan fingerprint density at radius 2 is 1.69 bits per heavy atom. The maximum Gasteiger partial charge on any atom is 0.252 e. The van der Waals surface area contributed by atoms with E-state index >= 15 is 0 Å². The molecule has 3 fully saturated rings. The van der Waals surface area contributed by atoms with E-state index in [0.29, 0.717) is 33.8 Å². The van der Waals surface area contributed by atoms with Crippen LogP contribution in [-0.2, 0) is 9.84 Å². The van der Waals surface area contributed by atoms with Crippen LogP contribution in [0.15, 0.2) is 18.2 Å². The summed E-state index contributed by atoms with van der Waals surface area (Å²) in [5.74, 6) is 1.32. The topological polar surface area (TPSA) is 63.2 Å². The molecule has 0 aliphatic heterocycles. The van der Waals surface area contributed by atoms with Crippen LogP contribution in [0.25, 0.3) is 0 Å². The van der Waals surface area contributed by atoms with Gasteiger partial charge in [0.15, 0.2) is 9.84 Å². The number of benzene rings is 1. The minimum atomic E-state index is -2.98. The molecule has 7 heteroatoms. The molecular weight excluding hydrogens is 429 g/mol. The van der Waals surface area contributed by atoms with Crippen molar-refractivity contribution < 1.29 is 13.2 Å². The number of hydrogen-bond acceptors (Lipinski definition) is 3. The zero-order valence-corrected chi connectivity index (χ0v) is 19.0. The Hall–Kier alpha value is -0.780. The summed E-state index contributed by atoms with van der Waals surface area (Å²) in [7, 11) is -2.98. The van der Waals surface area contributed by atoms with Crippen molar-refractivity contribution in [2.75, 3.05) is 12.3 Å². The van der Waals surface area contributed by atoms with Crippen molar-refractivity contribution in [2.45, 2.75) is 63.0 Å². The number of carbonyl (C=O) groups excluding carboxylic acids is 1. The van der Waals surface area contributed by atoms with Crippen molar-refractivity contribution in [3.05, 3.63) is 33.8 Å². The molecule has 0 atom stereocenters. The highest BCUT2D eigenvalue weighted by Crippen LogP contribution is 2.48. The van der Waals surface area contributed by atoms with E-state index in [4.69, 9.17) is 23.2 Å². The maximum absolute atomic E-state index is 12.7. The number of nitrogens with one attached hydrogen (secondary N) is 1. The van der Waals surface area contributed by atoms with Crippen molar-refractivity contribution in [1.82, 2.24) is 5.32 Å². The molecule has 0 radical (unpaired) electrons. The average Bonchev–Trinajstić information content (AvgIpc) is 3.58. The molecule has 0 spiro atoms. The lowest BCUT2D eigenvalue weighted by atomic mass is 9.70. The molecule has 0 aromatic heterocycles. The van der Waals surface area contributed by atoms with E-state index in [-0.39, 0.29) is 16.6 Å². The van der Waals surface area contributed by atoms with Gasteiger partial charge in [0.1, 0.15) is 0 Å². The lowest BCUT2D eigenvalue weighted by Gasteiger charge is -2.40. The molecule has 0 bridgehead atoms. The highest BCUT2D eigenvalue weighted by atomic mass is 35.5. The van der Waals surface area contributed by atoms with Gasteiger partial charge in [-0.15, -0.1) is 0 Å². The maximum atomic E-state index is 12.7. The molecule has 29 heavy (non-hydrogen) atoms. The Morgan fingerprint density at radius 1 is 1.03 bits per heavy atom. The summed E-state index contributed by atoms with van der Waals surface area (Å²) in [5.41, 5.74) is 0.430. The Bertz CT molecular complexity index is 870. The molecule has 1 N–H and O–H groups in total. The molecule has 1 aromatic carbocycles. The van der Waals surface area contributed by atoms with Crippen LogP contribution in [0, 0.1) is 17.3 Å². The molecule has 160 valence electrons. The van der Waals surface area contributed by atoms with Gasteiger partial charge in [0.25, 0.3) is 5.91 Å². The van der Waals surface area contributed by atoms with E-state index in [1.54, 1.807) is 18.2 Å². The summed E-state index contributed by atoms with van der Waals surface area (Å²) in [4.78, 5) is 12.7. The van der Waals surface area contributed by atoms with Gasteiger partial charge in [-0.05, 0) is 80.4 Å². The fourth-order valence-corrected chi connectivity index (χ4v) is 7.45. The van der Waals surface area contributed by atoms with Gasteiger partial charge in [0.05, 0.1) is 21.6 Å². The highest BCUT2D eigenvalue weighted by molar-refractivity contribution is 7.92. The molecule has 3 aliphatic rings. The van der Waals surface area contributed by atoms with Crippen molar-refractivity contribution in [1.29, 1.82) is 0 Å². The monoisotopic (exact) mass is 457 g/mol. The quantitative estimate of drug-likeness (QED) is 0.577. The van der Waals surface area contributed by atoms with Crippen LogP contribution in [0.2, 0.25) is 10.0 Å². The molecule has 3 aliphatic carbocycles. The second kappa shape index (κ2) is 8.39. The first kappa shape index (κ1) is 21.5. The van der Waals surface area contributed by atoms with E-state index in [1.165, 1.54) is 12.8 Å². The Labute approximate surface area is 183 Å². The molecule has 0 saturated heterocycles. The zero-order chi connectivity index (χ0) is 20.6. The van der Waals surface area contributed by atoms with Crippen LogP contribution in [-0.4, -0.2) is 31.9 Å². The first-order chi connectivity index (χ1) is 13.8. The largest absolute Gasteiger partial charge is 0.351 e. The fourth-order valence-electron chi connectivity index (χ4n) is 4.74. The molecule has 0 unspecified atom stereocenters. The van der Waals surface area contributed by atoms with E-state index in [0.717, 1.165) is 50.9 Å². The fraction of sp³-hybridized carbons (Fsp3) is 0.682. The lowest BCUT2D eigenvalue weighted by Crippen LogP contribution is -2.43.